The fourth-order valence-electron chi connectivity index (χ4n) is 4.29. The summed E-state index contributed by atoms with van der Waals surface area (Å²) < 4.78 is 52.6. The van der Waals surface area contributed by atoms with Gasteiger partial charge in [-0.3, -0.25) is 14.8 Å². The zero-order valence-corrected chi connectivity index (χ0v) is 17.6. The molecule has 0 saturated carbocycles. The molecule has 1 saturated heterocycles. The van der Waals surface area contributed by atoms with E-state index in [0.29, 0.717) is 31.6 Å². The lowest BCUT2D eigenvalue weighted by Gasteiger charge is -2.35. The Balaban J connectivity index is 1.76. The number of hydrogen-bond donors (Lipinski definition) is 2. The molecule has 2 aliphatic rings. The normalized spacial score (nSPS) is 19.3. The van der Waals surface area contributed by atoms with Crippen molar-refractivity contribution in [3.05, 3.63) is 64.7 Å². The predicted octanol–water partition coefficient (Wildman–Crippen LogP) is 3.71. The molecule has 2 amide bonds. The first-order valence-corrected chi connectivity index (χ1v) is 10.5. The second-order valence-corrected chi connectivity index (χ2v) is 8.03. The Hall–Kier alpha value is -3.11. The van der Waals surface area contributed by atoms with E-state index in [1.165, 1.54) is 40.7 Å². The van der Waals surface area contributed by atoms with Crippen molar-refractivity contribution in [1.29, 1.82) is 0 Å². The highest BCUT2D eigenvalue weighted by atomic mass is 19.4. The monoisotopic (exact) mass is 464 g/mol. The van der Waals surface area contributed by atoms with Crippen molar-refractivity contribution in [1.82, 2.24) is 10.4 Å². The molecule has 2 aliphatic heterocycles. The van der Waals surface area contributed by atoms with Crippen LogP contribution in [-0.2, 0) is 22.3 Å². The molecule has 1 fully saturated rings. The van der Waals surface area contributed by atoms with E-state index in [2.05, 4.69) is 0 Å². The van der Waals surface area contributed by atoms with E-state index in [1.54, 1.807) is 6.07 Å². The van der Waals surface area contributed by atoms with Gasteiger partial charge in [-0.2, -0.15) is 13.2 Å². The van der Waals surface area contributed by atoms with E-state index in [9.17, 15) is 22.8 Å². The van der Waals surface area contributed by atoms with Crippen molar-refractivity contribution in [2.24, 2.45) is 5.92 Å². The molecule has 2 aromatic rings. The van der Waals surface area contributed by atoms with Gasteiger partial charge in [-0.15, -0.1) is 0 Å². The average molecular weight is 464 g/mol. The van der Waals surface area contributed by atoms with Gasteiger partial charge in [0, 0.05) is 30.3 Å². The van der Waals surface area contributed by atoms with Gasteiger partial charge in [0.15, 0.2) is 0 Å². The molecule has 2 heterocycles. The zero-order valence-electron chi connectivity index (χ0n) is 17.6. The van der Waals surface area contributed by atoms with Crippen LogP contribution in [0.2, 0.25) is 0 Å². The molecule has 10 heteroatoms. The summed E-state index contributed by atoms with van der Waals surface area (Å²) in [4.78, 5) is 26.7. The lowest BCUT2D eigenvalue weighted by atomic mass is 9.94. The number of ether oxygens (including phenoxy) is 2. The molecular formula is C23H23F3N2O5. The van der Waals surface area contributed by atoms with Gasteiger partial charge >= 0.3 is 6.18 Å². The Kier molecular flexibility index (Phi) is 6.57. The van der Waals surface area contributed by atoms with Gasteiger partial charge in [0.1, 0.15) is 12.4 Å². The van der Waals surface area contributed by atoms with Crippen LogP contribution in [0.4, 0.5) is 13.2 Å². The van der Waals surface area contributed by atoms with Crippen LogP contribution >= 0.6 is 0 Å². The average Bonchev–Trinajstić information content (AvgIpc) is 3.02. The number of fused-ring (bicyclic) bond motifs is 1. The Morgan fingerprint density at radius 1 is 1.09 bits per heavy atom. The topological polar surface area (TPSA) is 88.1 Å². The van der Waals surface area contributed by atoms with E-state index in [0.717, 1.165) is 6.07 Å². The molecule has 33 heavy (non-hydrogen) atoms. The van der Waals surface area contributed by atoms with Crippen molar-refractivity contribution in [2.75, 3.05) is 19.8 Å². The van der Waals surface area contributed by atoms with Gasteiger partial charge in [-0.25, -0.2) is 5.48 Å². The summed E-state index contributed by atoms with van der Waals surface area (Å²) in [6.45, 7) is 0.629. The third kappa shape index (κ3) is 4.81. The minimum absolute atomic E-state index is 0.0173. The fourth-order valence-corrected chi connectivity index (χ4v) is 4.29. The summed E-state index contributed by atoms with van der Waals surface area (Å²) >= 11 is 0. The van der Waals surface area contributed by atoms with Crippen LogP contribution < -0.4 is 10.2 Å². The third-order valence-electron chi connectivity index (χ3n) is 6.02. The summed E-state index contributed by atoms with van der Waals surface area (Å²) in [5, 5.41) is 8.89. The SMILES string of the molecule is O=C(NO)c1ccc2c(c1)OC[C@H](c1ccccc1C(F)(F)F)N(C(=O)C1CCOCC1)C2. The summed E-state index contributed by atoms with van der Waals surface area (Å²) in [7, 11) is 0. The van der Waals surface area contributed by atoms with Crippen LogP contribution in [0.5, 0.6) is 5.75 Å². The van der Waals surface area contributed by atoms with Crippen molar-refractivity contribution in [3.8, 4) is 5.75 Å². The first kappa shape index (κ1) is 23.1. The van der Waals surface area contributed by atoms with Gasteiger partial charge < -0.3 is 14.4 Å². The van der Waals surface area contributed by atoms with Crippen LogP contribution in [0.1, 0.15) is 45.9 Å². The summed E-state index contributed by atoms with van der Waals surface area (Å²) in [6.07, 6.45) is -3.62. The minimum Gasteiger partial charge on any atom is -0.491 e. The first-order valence-electron chi connectivity index (χ1n) is 10.5. The van der Waals surface area contributed by atoms with Gasteiger partial charge in [0.25, 0.3) is 5.91 Å². The third-order valence-corrected chi connectivity index (χ3v) is 6.02. The highest BCUT2D eigenvalue weighted by Gasteiger charge is 2.40. The second-order valence-electron chi connectivity index (χ2n) is 8.03. The number of alkyl halides is 3. The number of rotatable bonds is 3. The number of nitrogens with one attached hydrogen (secondary N) is 1. The van der Waals surface area contributed by atoms with Crippen LogP contribution in [0.3, 0.4) is 0 Å². The van der Waals surface area contributed by atoms with E-state index in [1.807, 2.05) is 0 Å². The maximum atomic E-state index is 13.8. The number of amides is 2. The van der Waals surface area contributed by atoms with Gasteiger partial charge in [-0.05, 0) is 36.6 Å². The fraction of sp³-hybridized carbons (Fsp3) is 0.391. The van der Waals surface area contributed by atoms with E-state index < -0.39 is 23.7 Å². The highest BCUT2D eigenvalue weighted by Crippen LogP contribution is 2.40. The Morgan fingerprint density at radius 3 is 2.52 bits per heavy atom. The molecule has 0 radical (unpaired) electrons. The molecule has 1 atom stereocenters. The Morgan fingerprint density at radius 2 is 1.82 bits per heavy atom. The Labute approximate surface area is 188 Å². The number of halogens is 3. The lowest BCUT2D eigenvalue weighted by Crippen LogP contribution is -2.42. The maximum Gasteiger partial charge on any atom is 0.416 e. The summed E-state index contributed by atoms with van der Waals surface area (Å²) in [6, 6.07) is 8.61. The summed E-state index contributed by atoms with van der Waals surface area (Å²) in [5.41, 5.74) is 1.33. The van der Waals surface area contributed by atoms with Gasteiger partial charge in [0.2, 0.25) is 5.91 Å². The number of hydrogen-bond acceptors (Lipinski definition) is 5. The van der Waals surface area contributed by atoms with E-state index >= 15 is 0 Å². The molecule has 4 rings (SSSR count). The molecular weight excluding hydrogens is 441 g/mol. The Bertz CT molecular complexity index is 1040. The van der Waals surface area contributed by atoms with Gasteiger partial charge in [-0.1, -0.05) is 24.3 Å². The second kappa shape index (κ2) is 9.40. The lowest BCUT2D eigenvalue weighted by molar-refractivity contribution is -0.145. The molecule has 0 spiro atoms. The minimum atomic E-state index is -4.60. The molecule has 0 bridgehead atoms. The van der Waals surface area contributed by atoms with Crippen molar-refractivity contribution in [2.45, 2.75) is 31.6 Å². The standard InChI is InChI=1S/C23H23F3N2O5/c24-23(25,26)18-4-2-1-3-17(18)19-13-33-20-11-15(21(29)27-31)5-6-16(20)12-28(19)22(30)14-7-9-32-10-8-14/h1-6,11,14,19,31H,7-10,12-13H2,(H,27,29)/t19-/m1/s1. The van der Waals surface area contributed by atoms with Crippen molar-refractivity contribution >= 4 is 11.8 Å². The number of hydroxylamine groups is 1. The first-order chi connectivity index (χ1) is 15.8. The number of nitrogens with zero attached hydrogens (tertiary/aromatic N) is 1. The molecule has 0 aliphatic carbocycles. The van der Waals surface area contributed by atoms with Crippen molar-refractivity contribution in [3.63, 3.8) is 0 Å². The summed E-state index contributed by atoms with van der Waals surface area (Å²) in [5.74, 6) is -1.10. The molecule has 2 aromatic carbocycles. The van der Waals surface area contributed by atoms with Gasteiger partial charge in [0.05, 0.1) is 18.2 Å². The van der Waals surface area contributed by atoms with Crippen LogP contribution in [0.25, 0.3) is 0 Å². The van der Waals surface area contributed by atoms with E-state index in [4.69, 9.17) is 14.7 Å². The smallest absolute Gasteiger partial charge is 0.416 e. The van der Waals surface area contributed by atoms with Crippen LogP contribution in [0.15, 0.2) is 42.5 Å². The van der Waals surface area contributed by atoms with Crippen LogP contribution in [-0.4, -0.2) is 41.7 Å². The van der Waals surface area contributed by atoms with Crippen LogP contribution in [0, 0.1) is 5.92 Å². The number of carbonyl (C=O) groups excluding carboxylic acids is 2. The quantitative estimate of drug-likeness (QED) is 0.534. The molecule has 0 aromatic heterocycles. The maximum absolute atomic E-state index is 13.8. The predicted molar refractivity (Wildman–Crippen MR) is 109 cm³/mol. The molecule has 7 nitrogen and oxygen atoms in total. The van der Waals surface area contributed by atoms with E-state index in [-0.39, 0.29) is 41.9 Å². The largest absolute Gasteiger partial charge is 0.491 e. The molecule has 0 unspecified atom stereocenters. The number of benzene rings is 2. The molecule has 2 N–H and O–H groups in total. The number of carbonyl (C=O) groups is 2. The molecule has 176 valence electrons. The van der Waals surface area contributed by atoms with Crippen molar-refractivity contribution < 1.29 is 37.4 Å². The zero-order chi connectivity index (χ0) is 23.6. The highest BCUT2D eigenvalue weighted by molar-refractivity contribution is 5.93.